The minimum Gasteiger partial charge on any atom is -0.508 e. The average Bonchev–Trinajstić information content (AvgIpc) is 2.66. The molecule has 0 amide bonds. The molecule has 0 radical (unpaired) electrons. The Labute approximate surface area is 186 Å². The SMILES string of the molecule is Cc1cc(O)c(C)c2c1O[C@@](C)(CCC[C@H](C)CCC[C@H](C)CCCC(C)C)CC2. The topological polar surface area (TPSA) is 29.5 Å². The number of hydrogen-bond donors (Lipinski definition) is 1. The number of rotatable bonds is 12. The third-order valence-corrected chi connectivity index (χ3v) is 7.35. The molecule has 0 aromatic heterocycles. The second-order valence-electron chi connectivity index (χ2n) is 11.1. The fourth-order valence-electron chi connectivity index (χ4n) is 5.05. The third-order valence-electron chi connectivity index (χ3n) is 7.35. The van der Waals surface area contributed by atoms with Crippen LogP contribution < -0.4 is 4.74 Å². The zero-order valence-corrected chi connectivity index (χ0v) is 20.9. The second kappa shape index (κ2) is 11.4. The number of phenolic OH excluding ortho intramolecular Hbond substituents is 1. The summed E-state index contributed by atoms with van der Waals surface area (Å²) >= 11 is 0. The van der Waals surface area contributed by atoms with Gasteiger partial charge < -0.3 is 9.84 Å². The van der Waals surface area contributed by atoms with Gasteiger partial charge in [-0.25, -0.2) is 0 Å². The number of fused-ring (bicyclic) bond motifs is 1. The van der Waals surface area contributed by atoms with Crippen molar-refractivity contribution in [2.45, 2.75) is 125 Å². The lowest BCUT2D eigenvalue weighted by atomic mass is 9.84. The Morgan fingerprint density at radius 2 is 1.50 bits per heavy atom. The highest BCUT2D eigenvalue weighted by Crippen LogP contribution is 2.42. The predicted octanol–water partition coefficient (Wildman–Crippen LogP) is 8.53. The van der Waals surface area contributed by atoms with E-state index in [0.717, 1.165) is 53.9 Å². The third kappa shape index (κ3) is 7.50. The molecule has 2 rings (SSSR count). The van der Waals surface area contributed by atoms with E-state index in [2.05, 4.69) is 41.5 Å². The normalized spacial score (nSPS) is 20.7. The van der Waals surface area contributed by atoms with E-state index >= 15 is 0 Å². The van der Waals surface area contributed by atoms with Crippen LogP contribution in [0.3, 0.4) is 0 Å². The highest BCUT2D eigenvalue weighted by atomic mass is 16.5. The maximum atomic E-state index is 10.1. The van der Waals surface area contributed by atoms with Gasteiger partial charge in [0.15, 0.2) is 0 Å². The Morgan fingerprint density at radius 3 is 2.10 bits per heavy atom. The van der Waals surface area contributed by atoms with Gasteiger partial charge in [-0.05, 0) is 81.4 Å². The summed E-state index contributed by atoms with van der Waals surface area (Å²) in [4.78, 5) is 0. The Kier molecular flexibility index (Phi) is 9.57. The molecule has 1 heterocycles. The lowest BCUT2D eigenvalue weighted by molar-refractivity contribution is 0.0512. The monoisotopic (exact) mass is 416 g/mol. The molecule has 0 aliphatic carbocycles. The molecule has 2 nitrogen and oxygen atoms in total. The number of ether oxygens (including phenoxy) is 1. The summed E-state index contributed by atoms with van der Waals surface area (Å²) in [6.45, 7) is 15.9. The lowest BCUT2D eigenvalue weighted by Crippen LogP contribution is -2.37. The van der Waals surface area contributed by atoms with E-state index < -0.39 is 0 Å². The van der Waals surface area contributed by atoms with Crippen LogP contribution in [0.5, 0.6) is 11.5 Å². The van der Waals surface area contributed by atoms with E-state index in [0.29, 0.717) is 5.75 Å². The molecule has 1 aromatic rings. The van der Waals surface area contributed by atoms with Crippen LogP contribution in [-0.2, 0) is 6.42 Å². The summed E-state index contributed by atoms with van der Waals surface area (Å²) in [5.41, 5.74) is 3.20. The Hall–Kier alpha value is -1.18. The molecular formula is C28H48O2. The van der Waals surface area contributed by atoms with Crippen molar-refractivity contribution in [1.29, 1.82) is 0 Å². The van der Waals surface area contributed by atoms with Crippen LogP contribution in [0.1, 0.15) is 116 Å². The van der Waals surface area contributed by atoms with Crippen molar-refractivity contribution >= 4 is 0 Å². The van der Waals surface area contributed by atoms with Crippen LogP contribution in [0.25, 0.3) is 0 Å². The summed E-state index contributed by atoms with van der Waals surface area (Å²) < 4.78 is 6.52. The fraction of sp³-hybridized carbons (Fsp3) is 0.786. The molecule has 3 atom stereocenters. The molecule has 0 bridgehead atoms. The van der Waals surface area contributed by atoms with Crippen LogP contribution in [-0.4, -0.2) is 10.7 Å². The maximum Gasteiger partial charge on any atom is 0.126 e. The molecule has 0 fully saturated rings. The first-order chi connectivity index (χ1) is 14.1. The van der Waals surface area contributed by atoms with E-state index in [1.165, 1.54) is 56.9 Å². The maximum absolute atomic E-state index is 10.1. The number of benzene rings is 1. The number of hydrogen-bond acceptors (Lipinski definition) is 2. The van der Waals surface area contributed by atoms with Crippen LogP contribution in [0.15, 0.2) is 6.07 Å². The summed E-state index contributed by atoms with van der Waals surface area (Å²) in [6.07, 6.45) is 14.1. The van der Waals surface area contributed by atoms with Gasteiger partial charge in [-0.3, -0.25) is 0 Å². The fourth-order valence-corrected chi connectivity index (χ4v) is 5.05. The van der Waals surface area contributed by atoms with Crippen molar-refractivity contribution in [3.63, 3.8) is 0 Å². The van der Waals surface area contributed by atoms with Gasteiger partial charge in [-0.15, -0.1) is 0 Å². The molecule has 0 saturated heterocycles. The number of aryl methyl sites for hydroxylation is 1. The first kappa shape index (κ1) is 25.1. The molecule has 172 valence electrons. The standard InChI is InChI=1S/C28H48O2/c1-20(2)11-8-12-21(3)13-9-14-22(4)15-10-17-28(7)18-16-25-24(6)26(29)19-23(5)27(25)30-28/h19-22,29H,8-18H2,1-7H3/t21-,22-,28+/m1/s1. The molecule has 0 spiro atoms. The van der Waals surface area contributed by atoms with Crippen LogP contribution >= 0.6 is 0 Å². The van der Waals surface area contributed by atoms with E-state index in [4.69, 9.17) is 4.74 Å². The zero-order chi connectivity index (χ0) is 22.3. The van der Waals surface area contributed by atoms with Crippen molar-refractivity contribution in [2.75, 3.05) is 0 Å². The van der Waals surface area contributed by atoms with Crippen molar-refractivity contribution < 1.29 is 9.84 Å². The first-order valence-electron chi connectivity index (χ1n) is 12.6. The van der Waals surface area contributed by atoms with E-state index in [1.807, 2.05) is 13.0 Å². The van der Waals surface area contributed by atoms with Crippen LogP contribution in [0.2, 0.25) is 0 Å². The second-order valence-corrected chi connectivity index (χ2v) is 11.1. The summed E-state index contributed by atoms with van der Waals surface area (Å²) in [5, 5.41) is 10.1. The molecule has 0 saturated carbocycles. The minimum atomic E-state index is -0.0637. The van der Waals surface area contributed by atoms with Gasteiger partial charge in [0.05, 0.1) is 0 Å². The Balaban J connectivity index is 1.69. The van der Waals surface area contributed by atoms with Crippen molar-refractivity contribution in [2.24, 2.45) is 17.8 Å². The molecular weight excluding hydrogens is 368 g/mol. The van der Waals surface area contributed by atoms with Gasteiger partial charge in [0, 0.05) is 5.56 Å². The van der Waals surface area contributed by atoms with Crippen molar-refractivity contribution in [3.8, 4) is 11.5 Å². The van der Waals surface area contributed by atoms with Crippen LogP contribution in [0.4, 0.5) is 0 Å². The molecule has 30 heavy (non-hydrogen) atoms. The van der Waals surface area contributed by atoms with Gasteiger partial charge in [-0.2, -0.15) is 0 Å². The molecule has 0 unspecified atom stereocenters. The zero-order valence-electron chi connectivity index (χ0n) is 20.9. The number of aromatic hydroxyl groups is 1. The summed E-state index contributed by atoms with van der Waals surface area (Å²) in [5.74, 6) is 3.98. The molecule has 1 aliphatic rings. The van der Waals surface area contributed by atoms with Crippen molar-refractivity contribution in [1.82, 2.24) is 0 Å². The molecule has 1 aliphatic heterocycles. The Morgan fingerprint density at radius 1 is 0.933 bits per heavy atom. The largest absolute Gasteiger partial charge is 0.508 e. The Bertz CT molecular complexity index is 663. The smallest absolute Gasteiger partial charge is 0.126 e. The molecule has 1 N–H and O–H groups in total. The van der Waals surface area contributed by atoms with E-state index in [1.54, 1.807) is 0 Å². The van der Waals surface area contributed by atoms with Gasteiger partial charge in [-0.1, -0.05) is 72.6 Å². The highest BCUT2D eigenvalue weighted by Gasteiger charge is 2.33. The highest BCUT2D eigenvalue weighted by molar-refractivity contribution is 5.53. The lowest BCUT2D eigenvalue weighted by Gasteiger charge is -2.37. The van der Waals surface area contributed by atoms with Gasteiger partial charge in [0.25, 0.3) is 0 Å². The van der Waals surface area contributed by atoms with Crippen LogP contribution in [0, 0.1) is 31.6 Å². The van der Waals surface area contributed by atoms with E-state index in [-0.39, 0.29) is 5.60 Å². The summed E-state index contributed by atoms with van der Waals surface area (Å²) in [6, 6.07) is 1.85. The average molecular weight is 417 g/mol. The van der Waals surface area contributed by atoms with Crippen molar-refractivity contribution in [3.05, 3.63) is 22.8 Å². The van der Waals surface area contributed by atoms with Gasteiger partial charge >= 0.3 is 0 Å². The summed E-state index contributed by atoms with van der Waals surface area (Å²) in [7, 11) is 0. The molecule has 2 heteroatoms. The number of phenols is 1. The van der Waals surface area contributed by atoms with Gasteiger partial charge in [0.2, 0.25) is 0 Å². The van der Waals surface area contributed by atoms with E-state index in [9.17, 15) is 5.11 Å². The molecule has 1 aromatic carbocycles. The van der Waals surface area contributed by atoms with Gasteiger partial charge in [0.1, 0.15) is 17.1 Å². The first-order valence-corrected chi connectivity index (χ1v) is 12.6. The quantitative estimate of drug-likeness (QED) is 0.370. The predicted molar refractivity (Wildman–Crippen MR) is 130 cm³/mol. The minimum absolute atomic E-state index is 0.0637.